The van der Waals surface area contributed by atoms with Crippen LogP contribution in [0, 0.1) is 0 Å². The highest BCUT2D eigenvalue weighted by Gasteiger charge is 2.23. The third kappa shape index (κ3) is 1.10. The molecule has 0 bridgehead atoms. The molecule has 0 unspecified atom stereocenters. The van der Waals surface area contributed by atoms with Crippen LogP contribution in [0.2, 0.25) is 0 Å². The summed E-state index contributed by atoms with van der Waals surface area (Å²) < 4.78 is 4.90. The van der Waals surface area contributed by atoms with Crippen LogP contribution < -0.4 is 0 Å². The highest BCUT2D eigenvalue weighted by molar-refractivity contribution is 7.98. The van der Waals surface area contributed by atoms with E-state index in [9.17, 15) is 4.79 Å². The smallest absolute Gasteiger partial charge is 0.358 e. The number of thioether (sulfide) groups is 1. The van der Waals surface area contributed by atoms with Gasteiger partial charge in [-0.15, -0.1) is 0 Å². The van der Waals surface area contributed by atoms with Gasteiger partial charge in [-0.05, 0) is 12.2 Å². The van der Waals surface area contributed by atoms with Crippen LogP contribution in [0.3, 0.4) is 0 Å². The van der Waals surface area contributed by atoms with Gasteiger partial charge in [-0.1, -0.05) is 5.16 Å². The maximum absolute atomic E-state index is 10.6. The molecule has 5 heteroatoms. The van der Waals surface area contributed by atoms with Crippen LogP contribution in [-0.4, -0.2) is 22.0 Å². The number of hydrogen-bond donors (Lipinski definition) is 1. The predicted molar refractivity (Wildman–Crippen MR) is 43.3 cm³/mol. The van der Waals surface area contributed by atoms with E-state index in [-0.39, 0.29) is 5.69 Å². The minimum Gasteiger partial charge on any atom is -0.476 e. The summed E-state index contributed by atoms with van der Waals surface area (Å²) in [5, 5.41) is 12.2. The van der Waals surface area contributed by atoms with Crippen LogP contribution in [0.1, 0.15) is 21.8 Å². The molecule has 12 heavy (non-hydrogen) atoms. The Morgan fingerprint density at radius 3 is 3.25 bits per heavy atom. The lowest BCUT2D eigenvalue weighted by Gasteiger charge is -2.06. The van der Waals surface area contributed by atoms with Gasteiger partial charge in [0.2, 0.25) is 0 Å². The van der Waals surface area contributed by atoms with E-state index in [0.29, 0.717) is 0 Å². The van der Waals surface area contributed by atoms with E-state index >= 15 is 0 Å². The first kappa shape index (κ1) is 7.67. The molecule has 0 amide bonds. The largest absolute Gasteiger partial charge is 0.476 e. The van der Waals surface area contributed by atoms with Crippen molar-refractivity contribution in [3.05, 3.63) is 17.0 Å². The van der Waals surface area contributed by atoms with Crippen LogP contribution in [0.5, 0.6) is 0 Å². The fourth-order valence-corrected chi connectivity index (χ4v) is 2.13. The average molecular weight is 185 g/mol. The molecule has 1 N–H and O–H groups in total. The van der Waals surface area contributed by atoms with Crippen molar-refractivity contribution in [1.82, 2.24) is 5.16 Å². The zero-order valence-corrected chi connectivity index (χ0v) is 7.06. The molecule has 0 atom stereocenters. The lowest BCUT2D eigenvalue weighted by Crippen LogP contribution is -2.06. The minimum atomic E-state index is -0.994. The van der Waals surface area contributed by atoms with Gasteiger partial charge < -0.3 is 9.63 Å². The first-order valence-electron chi connectivity index (χ1n) is 3.57. The molecule has 0 saturated heterocycles. The highest BCUT2D eigenvalue weighted by Crippen LogP contribution is 2.26. The van der Waals surface area contributed by atoms with Crippen molar-refractivity contribution in [3.8, 4) is 0 Å². The van der Waals surface area contributed by atoms with Crippen molar-refractivity contribution in [2.24, 2.45) is 0 Å². The van der Waals surface area contributed by atoms with Crippen molar-refractivity contribution in [2.75, 3.05) is 5.75 Å². The topological polar surface area (TPSA) is 63.3 Å². The maximum atomic E-state index is 10.6. The van der Waals surface area contributed by atoms with E-state index in [4.69, 9.17) is 9.63 Å². The summed E-state index contributed by atoms with van der Waals surface area (Å²) in [6.07, 6.45) is 0.755. The quantitative estimate of drug-likeness (QED) is 0.711. The summed E-state index contributed by atoms with van der Waals surface area (Å²) in [4.78, 5) is 10.6. The Balaban J connectivity index is 2.44. The standard InChI is InChI=1S/C7H7NO3S/c9-7(10)6-4-1-2-12-3-5(4)11-8-6/h1-3H2,(H,9,10). The SMILES string of the molecule is O=C(O)c1noc2c1CCSC2. The second kappa shape index (κ2) is 2.82. The molecule has 1 aromatic heterocycles. The second-order valence-electron chi connectivity index (χ2n) is 2.54. The summed E-state index contributed by atoms with van der Waals surface area (Å²) in [5.74, 6) is 1.43. The fraction of sp³-hybridized carbons (Fsp3) is 0.429. The number of fused-ring (bicyclic) bond motifs is 1. The van der Waals surface area contributed by atoms with Gasteiger partial charge in [-0.3, -0.25) is 0 Å². The molecule has 0 aromatic carbocycles. The zero-order chi connectivity index (χ0) is 8.55. The lowest BCUT2D eigenvalue weighted by molar-refractivity contribution is 0.0685. The monoisotopic (exact) mass is 185 g/mol. The Morgan fingerprint density at radius 2 is 2.50 bits per heavy atom. The van der Waals surface area contributed by atoms with Gasteiger partial charge in [0.15, 0.2) is 11.5 Å². The number of aromatic carboxylic acids is 1. The van der Waals surface area contributed by atoms with Crippen LogP contribution >= 0.6 is 11.8 Å². The third-order valence-corrected chi connectivity index (χ3v) is 2.76. The van der Waals surface area contributed by atoms with Gasteiger partial charge in [0.1, 0.15) is 0 Å². The average Bonchev–Trinajstić information content (AvgIpc) is 2.47. The molecule has 0 radical (unpaired) electrons. The van der Waals surface area contributed by atoms with Crippen molar-refractivity contribution < 1.29 is 14.4 Å². The van der Waals surface area contributed by atoms with Crippen molar-refractivity contribution in [3.63, 3.8) is 0 Å². The predicted octanol–water partition coefficient (Wildman–Crippen LogP) is 1.16. The Bertz CT molecular complexity index is 320. The van der Waals surface area contributed by atoms with Crippen LogP contribution in [0.25, 0.3) is 0 Å². The molecule has 1 aliphatic rings. The molecule has 0 spiro atoms. The van der Waals surface area contributed by atoms with Gasteiger partial charge in [-0.25, -0.2) is 4.79 Å². The van der Waals surface area contributed by atoms with Gasteiger partial charge in [-0.2, -0.15) is 11.8 Å². The third-order valence-electron chi connectivity index (χ3n) is 1.80. The number of rotatable bonds is 1. The lowest BCUT2D eigenvalue weighted by atomic mass is 10.1. The summed E-state index contributed by atoms with van der Waals surface area (Å²) in [6, 6.07) is 0. The molecule has 2 rings (SSSR count). The van der Waals surface area contributed by atoms with Crippen LogP contribution in [0.4, 0.5) is 0 Å². The van der Waals surface area contributed by atoms with Crippen LogP contribution in [-0.2, 0) is 12.2 Å². The van der Waals surface area contributed by atoms with Crippen molar-refractivity contribution in [1.29, 1.82) is 0 Å². The van der Waals surface area contributed by atoms with E-state index in [1.165, 1.54) is 0 Å². The molecule has 1 aromatic rings. The number of hydrogen-bond acceptors (Lipinski definition) is 4. The first-order chi connectivity index (χ1) is 5.79. The van der Waals surface area contributed by atoms with E-state index in [1.807, 2.05) is 0 Å². The molecule has 4 nitrogen and oxygen atoms in total. The summed E-state index contributed by atoms with van der Waals surface area (Å²) in [6.45, 7) is 0. The van der Waals surface area contributed by atoms with Crippen LogP contribution in [0.15, 0.2) is 4.52 Å². The number of carboxylic acids is 1. The molecular weight excluding hydrogens is 178 g/mol. The molecule has 1 aliphatic heterocycles. The Kier molecular flexibility index (Phi) is 1.80. The Morgan fingerprint density at radius 1 is 1.67 bits per heavy atom. The molecular formula is C7H7NO3S. The molecule has 0 saturated carbocycles. The van der Waals surface area contributed by atoms with E-state index in [2.05, 4.69) is 5.16 Å². The summed E-state index contributed by atoms with van der Waals surface area (Å²) >= 11 is 1.74. The summed E-state index contributed by atoms with van der Waals surface area (Å²) in [5.41, 5.74) is 0.867. The number of aromatic nitrogens is 1. The van der Waals surface area contributed by atoms with Crippen molar-refractivity contribution >= 4 is 17.7 Å². The van der Waals surface area contributed by atoms with E-state index in [0.717, 1.165) is 29.3 Å². The molecule has 0 aliphatic carbocycles. The minimum absolute atomic E-state index is 0.0882. The summed E-state index contributed by atoms with van der Waals surface area (Å²) in [7, 11) is 0. The normalized spacial score (nSPS) is 15.7. The van der Waals surface area contributed by atoms with E-state index in [1.54, 1.807) is 11.8 Å². The van der Waals surface area contributed by atoms with Gasteiger partial charge in [0.25, 0.3) is 0 Å². The fourth-order valence-electron chi connectivity index (χ4n) is 1.22. The number of carbonyl (C=O) groups is 1. The number of carboxylic acid groups (broad SMARTS) is 1. The number of nitrogens with zero attached hydrogens (tertiary/aromatic N) is 1. The molecule has 0 fully saturated rings. The van der Waals surface area contributed by atoms with Gasteiger partial charge >= 0.3 is 5.97 Å². The zero-order valence-electron chi connectivity index (χ0n) is 6.24. The van der Waals surface area contributed by atoms with Crippen molar-refractivity contribution in [2.45, 2.75) is 12.2 Å². The highest BCUT2D eigenvalue weighted by atomic mass is 32.2. The molecule has 64 valence electrons. The Labute approximate surface area is 72.9 Å². The van der Waals surface area contributed by atoms with E-state index < -0.39 is 5.97 Å². The maximum Gasteiger partial charge on any atom is 0.358 e. The molecule has 2 heterocycles. The first-order valence-corrected chi connectivity index (χ1v) is 4.73. The Hall–Kier alpha value is -0.970. The van der Waals surface area contributed by atoms with Gasteiger partial charge in [0, 0.05) is 5.56 Å². The second-order valence-corrected chi connectivity index (χ2v) is 3.65. The van der Waals surface area contributed by atoms with Gasteiger partial charge in [0.05, 0.1) is 5.75 Å².